The van der Waals surface area contributed by atoms with E-state index < -0.39 is 21.8 Å². The van der Waals surface area contributed by atoms with Crippen molar-refractivity contribution in [2.24, 2.45) is 4.36 Å². The molecule has 0 aliphatic carbocycles. The molecule has 0 fully saturated rings. The Kier molecular flexibility index (Phi) is 4.41. The molecule has 0 radical (unpaired) electrons. The zero-order chi connectivity index (χ0) is 20.8. The quantitative estimate of drug-likeness (QED) is 0.486. The lowest BCUT2D eigenvalue weighted by molar-refractivity contribution is -0.159. The van der Waals surface area contributed by atoms with E-state index in [1.807, 2.05) is 13.0 Å². The third-order valence-corrected chi connectivity index (χ3v) is 5.73. The van der Waals surface area contributed by atoms with Gasteiger partial charge in [0.1, 0.15) is 5.65 Å². The average molecular weight is 421 g/mol. The van der Waals surface area contributed by atoms with Gasteiger partial charge in [0.05, 0.1) is 15.9 Å². The highest BCUT2D eigenvalue weighted by atomic mass is 32.2. The van der Waals surface area contributed by atoms with E-state index in [0.717, 1.165) is 5.56 Å². The van der Waals surface area contributed by atoms with Crippen LogP contribution in [0.5, 0.6) is 0 Å². The lowest BCUT2D eigenvalue weighted by Crippen LogP contribution is -2.04. The summed E-state index contributed by atoms with van der Waals surface area (Å²) in [5, 5.41) is 3.36. The first kappa shape index (κ1) is 19.1. The molecule has 0 N–H and O–H groups in total. The smallest absolute Gasteiger partial charge is 0.329 e. The second-order valence-electron chi connectivity index (χ2n) is 6.41. The van der Waals surface area contributed by atoms with Gasteiger partial charge in [0.15, 0.2) is 5.82 Å². The number of pyridine rings is 1. The molecule has 7 nitrogen and oxygen atoms in total. The third-order valence-electron chi connectivity index (χ3n) is 4.07. The number of alkyl halides is 3. The zero-order valence-corrected chi connectivity index (χ0v) is 16.0. The summed E-state index contributed by atoms with van der Waals surface area (Å²) in [6.07, 6.45) is -0.0407. The molecule has 0 aliphatic rings. The molecule has 0 spiro atoms. The molecular weight excluding hydrogens is 407 g/mol. The topological polar surface area (TPSA) is 85.7 Å². The number of rotatable bonds is 3. The normalized spacial score (nSPS) is 14.1. The van der Waals surface area contributed by atoms with E-state index in [1.54, 1.807) is 35.0 Å². The van der Waals surface area contributed by atoms with E-state index >= 15 is 0 Å². The highest BCUT2D eigenvalue weighted by Gasteiger charge is 2.38. The molecule has 0 amide bonds. The van der Waals surface area contributed by atoms with Crippen molar-refractivity contribution < 1.29 is 21.9 Å². The van der Waals surface area contributed by atoms with Gasteiger partial charge in [-0.05, 0) is 36.8 Å². The predicted molar refractivity (Wildman–Crippen MR) is 99.1 cm³/mol. The lowest BCUT2D eigenvalue weighted by Gasteiger charge is -2.04. The summed E-state index contributed by atoms with van der Waals surface area (Å²) in [6, 6.07) is 10.3. The van der Waals surface area contributed by atoms with Crippen molar-refractivity contribution in [2.45, 2.75) is 18.0 Å². The average Bonchev–Trinajstić information content (AvgIpc) is 3.27. The van der Waals surface area contributed by atoms with Gasteiger partial charge in [-0.2, -0.15) is 22.5 Å². The Balaban J connectivity index is 1.72. The maximum atomic E-state index is 13.0. The van der Waals surface area contributed by atoms with Gasteiger partial charge < -0.3 is 8.92 Å². The summed E-state index contributed by atoms with van der Waals surface area (Å²) in [6.45, 7) is 1.90. The van der Waals surface area contributed by atoms with Gasteiger partial charge >= 0.3 is 12.1 Å². The molecule has 3 heterocycles. The monoisotopic (exact) mass is 421 g/mol. The summed E-state index contributed by atoms with van der Waals surface area (Å²) in [5.74, 6) is -1.39. The second-order valence-corrected chi connectivity index (χ2v) is 8.67. The number of aryl methyl sites for hydroxylation is 1. The van der Waals surface area contributed by atoms with Crippen molar-refractivity contribution in [1.82, 2.24) is 19.5 Å². The van der Waals surface area contributed by atoms with Crippen molar-refractivity contribution in [3.05, 3.63) is 60.2 Å². The molecule has 1 aromatic carbocycles. The molecule has 0 saturated heterocycles. The second kappa shape index (κ2) is 6.69. The van der Waals surface area contributed by atoms with Crippen molar-refractivity contribution >= 4 is 21.2 Å². The van der Waals surface area contributed by atoms with E-state index in [1.165, 1.54) is 18.4 Å². The summed E-state index contributed by atoms with van der Waals surface area (Å²) in [4.78, 5) is 8.24. The molecule has 0 saturated carbocycles. The van der Waals surface area contributed by atoms with Crippen LogP contribution < -0.4 is 0 Å². The van der Waals surface area contributed by atoms with Crippen molar-refractivity contribution in [3.8, 4) is 11.4 Å². The molecule has 0 bridgehead atoms. The maximum absolute atomic E-state index is 13.0. The van der Waals surface area contributed by atoms with E-state index in [2.05, 4.69) is 24.0 Å². The SMILES string of the molecule is Cc1cccc(S(C)(=O)=Nc2cn3ccc(-c4noc(C(F)(F)F)n4)cc3n2)c1. The Morgan fingerprint density at radius 1 is 1.17 bits per heavy atom. The first-order valence-corrected chi connectivity index (χ1v) is 10.2. The van der Waals surface area contributed by atoms with Gasteiger partial charge in [0, 0.05) is 22.9 Å². The summed E-state index contributed by atoms with van der Waals surface area (Å²) in [5.41, 5.74) is 1.65. The maximum Gasteiger partial charge on any atom is 0.471 e. The van der Waals surface area contributed by atoms with Crippen LogP contribution >= 0.6 is 0 Å². The fourth-order valence-electron chi connectivity index (χ4n) is 2.69. The lowest BCUT2D eigenvalue weighted by atomic mass is 10.2. The Bertz CT molecular complexity index is 1330. The van der Waals surface area contributed by atoms with Crippen LogP contribution in [0.4, 0.5) is 19.0 Å². The summed E-state index contributed by atoms with van der Waals surface area (Å²) < 4.78 is 61.1. The number of hydrogen-bond donors (Lipinski definition) is 0. The van der Waals surface area contributed by atoms with Crippen LogP contribution in [0.1, 0.15) is 11.5 Å². The van der Waals surface area contributed by atoms with E-state index in [0.29, 0.717) is 16.1 Å². The third kappa shape index (κ3) is 3.86. The standard InChI is InChI=1S/C18H14F3N5O2S/c1-11-4-3-5-13(8-11)29(2,27)25-14-10-26-7-6-12(9-15(26)22-14)16-23-17(28-24-16)18(19,20)21/h3-10H,1-2H3. The highest BCUT2D eigenvalue weighted by Crippen LogP contribution is 2.30. The Labute approximate surface area is 163 Å². The molecule has 1 unspecified atom stereocenters. The minimum atomic E-state index is -4.72. The van der Waals surface area contributed by atoms with Crippen LogP contribution in [0.25, 0.3) is 17.0 Å². The van der Waals surface area contributed by atoms with Gasteiger partial charge in [0.25, 0.3) is 0 Å². The number of fused-ring (bicyclic) bond motifs is 1. The molecule has 29 heavy (non-hydrogen) atoms. The van der Waals surface area contributed by atoms with Gasteiger partial charge in [-0.3, -0.25) is 0 Å². The number of benzene rings is 1. The fraction of sp³-hybridized carbons (Fsp3) is 0.167. The molecule has 3 aromatic heterocycles. The van der Waals surface area contributed by atoms with Gasteiger partial charge in [-0.25, -0.2) is 9.19 Å². The van der Waals surface area contributed by atoms with Crippen LogP contribution in [0.15, 0.2) is 62.6 Å². The number of hydrogen-bond acceptors (Lipinski definition) is 6. The first-order valence-electron chi connectivity index (χ1n) is 8.31. The Hall–Kier alpha value is -3.21. The molecule has 11 heteroatoms. The largest absolute Gasteiger partial charge is 0.471 e. The summed E-state index contributed by atoms with van der Waals surface area (Å²) >= 11 is 0. The minimum Gasteiger partial charge on any atom is -0.329 e. The number of aromatic nitrogens is 4. The fourth-order valence-corrected chi connectivity index (χ4v) is 3.98. The molecule has 1 atom stereocenters. The van der Waals surface area contributed by atoms with Crippen molar-refractivity contribution in [2.75, 3.05) is 6.26 Å². The van der Waals surface area contributed by atoms with Gasteiger partial charge in [-0.15, -0.1) is 0 Å². The van der Waals surface area contributed by atoms with Gasteiger partial charge in [-0.1, -0.05) is 17.3 Å². The molecular formula is C18H14F3N5O2S. The van der Waals surface area contributed by atoms with E-state index in [9.17, 15) is 17.4 Å². The molecule has 4 aromatic rings. The highest BCUT2D eigenvalue weighted by molar-refractivity contribution is 7.93. The number of halogens is 3. The molecule has 4 rings (SSSR count). The van der Waals surface area contributed by atoms with Crippen LogP contribution in [-0.4, -0.2) is 30.0 Å². The Morgan fingerprint density at radius 2 is 1.97 bits per heavy atom. The molecule has 0 aliphatic heterocycles. The number of imidazole rings is 1. The van der Waals surface area contributed by atoms with Crippen LogP contribution in [0.2, 0.25) is 0 Å². The summed E-state index contributed by atoms with van der Waals surface area (Å²) in [7, 11) is -2.72. The zero-order valence-electron chi connectivity index (χ0n) is 15.2. The van der Waals surface area contributed by atoms with Crippen molar-refractivity contribution in [1.29, 1.82) is 0 Å². The Morgan fingerprint density at radius 3 is 2.66 bits per heavy atom. The first-order chi connectivity index (χ1) is 13.6. The van der Waals surface area contributed by atoms with Crippen LogP contribution in [0.3, 0.4) is 0 Å². The minimum absolute atomic E-state index is 0.208. The van der Waals surface area contributed by atoms with Crippen molar-refractivity contribution in [3.63, 3.8) is 0 Å². The van der Waals surface area contributed by atoms with E-state index in [-0.39, 0.29) is 11.6 Å². The number of nitrogens with zero attached hydrogens (tertiary/aromatic N) is 5. The van der Waals surface area contributed by atoms with Crippen LogP contribution in [0, 0.1) is 6.92 Å². The molecule has 150 valence electrons. The van der Waals surface area contributed by atoms with E-state index in [4.69, 9.17) is 0 Å². The predicted octanol–water partition coefficient (Wildman–Crippen LogP) is 4.50. The van der Waals surface area contributed by atoms with Crippen LogP contribution in [-0.2, 0) is 15.9 Å². The van der Waals surface area contributed by atoms with Gasteiger partial charge in [0.2, 0.25) is 5.82 Å².